The number of carbonyl (C=O) groups is 1. The van der Waals surface area contributed by atoms with Gasteiger partial charge in [0.1, 0.15) is 5.82 Å². The van der Waals surface area contributed by atoms with E-state index in [0.717, 1.165) is 18.6 Å². The van der Waals surface area contributed by atoms with Crippen LogP contribution in [0.3, 0.4) is 0 Å². The van der Waals surface area contributed by atoms with Crippen LogP contribution in [-0.2, 0) is 4.84 Å². The van der Waals surface area contributed by atoms with Gasteiger partial charge < -0.3 is 4.84 Å². The van der Waals surface area contributed by atoms with Crippen LogP contribution in [0.1, 0.15) is 36.0 Å². The molecule has 2 heterocycles. The van der Waals surface area contributed by atoms with Crippen LogP contribution < -0.4 is 0 Å². The first kappa shape index (κ1) is 13.2. The molecule has 0 spiro atoms. The van der Waals surface area contributed by atoms with Crippen LogP contribution in [0.15, 0.2) is 29.4 Å². The Morgan fingerprint density at radius 1 is 1.25 bits per heavy atom. The molecule has 4 nitrogen and oxygen atoms in total. The highest BCUT2D eigenvalue weighted by molar-refractivity contribution is 5.91. The third kappa shape index (κ3) is 2.58. The van der Waals surface area contributed by atoms with Gasteiger partial charge in [-0.3, -0.25) is 4.90 Å². The minimum absolute atomic E-state index is 0.312. The molecule has 0 radical (unpaired) electrons. The number of hydrogen-bond acceptors (Lipinski definition) is 4. The maximum atomic E-state index is 12.8. The molecule has 0 aliphatic carbocycles. The molecule has 0 saturated carbocycles. The van der Waals surface area contributed by atoms with Crippen molar-refractivity contribution >= 4 is 11.7 Å². The quantitative estimate of drug-likeness (QED) is 0.616. The maximum Gasteiger partial charge on any atom is 0.365 e. The van der Waals surface area contributed by atoms with E-state index in [9.17, 15) is 9.18 Å². The van der Waals surface area contributed by atoms with Crippen LogP contribution in [0.5, 0.6) is 0 Å². The van der Waals surface area contributed by atoms with Crippen molar-refractivity contribution in [2.45, 2.75) is 37.8 Å². The molecular formula is C15H17FN2O2. The van der Waals surface area contributed by atoms with Gasteiger partial charge in [0.15, 0.2) is 0 Å². The largest absolute Gasteiger partial charge is 0.365 e. The Labute approximate surface area is 117 Å². The van der Waals surface area contributed by atoms with Crippen molar-refractivity contribution in [1.29, 1.82) is 0 Å². The van der Waals surface area contributed by atoms with Gasteiger partial charge in [0.05, 0.1) is 11.3 Å². The Morgan fingerprint density at radius 2 is 1.85 bits per heavy atom. The fraction of sp³-hybridized carbons (Fsp3) is 0.467. The summed E-state index contributed by atoms with van der Waals surface area (Å²) in [7, 11) is 2.14. The van der Waals surface area contributed by atoms with Gasteiger partial charge >= 0.3 is 5.97 Å². The first-order valence-corrected chi connectivity index (χ1v) is 6.88. The fourth-order valence-corrected chi connectivity index (χ4v) is 3.03. The van der Waals surface area contributed by atoms with Gasteiger partial charge in [0, 0.05) is 24.9 Å². The van der Waals surface area contributed by atoms with Crippen LogP contribution in [0.25, 0.3) is 0 Å². The summed E-state index contributed by atoms with van der Waals surface area (Å²) in [6.07, 6.45) is 4.10. The molecule has 1 aromatic carbocycles. The molecule has 0 amide bonds. The van der Waals surface area contributed by atoms with Gasteiger partial charge in [-0.25, -0.2) is 9.18 Å². The molecule has 5 heteroatoms. The molecule has 2 bridgehead atoms. The smallest absolute Gasteiger partial charge is 0.313 e. The van der Waals surface area contributed by atoms with Gasteiger partial charge in [0.25, 0.3) is 0 Å². The summed E-state index contributed by atoms with van der Waals surface area (Å²) in [5, 5.41) is 4.00. The van der Waals surface area contributed by atoms with Crippen LogP contribution >= 0.6 is 0 Å². The lowest BCUT2D eigenvalue weighted by molar-refractivity contribution is 0.0510. The third-order valence-corrected chi connectivity index (χ3v) is 4.27. The molecule has 2 saturated heterocycles. The van der Waals surface area contributed by atoms with E-state index >= 15 is 0 Å². The lowest BCUT2D eigenvalue weighted by Crippen LogP contribution is -2.40. The normalized spacial score (nSPS) is 25.6. The molecule has 2 fully saturated rings. The zero-order chi connectivity index (χ0) is 14.1. The molecule has 1 aromatic rings. The second-order valence-electron chi connectivity index (χ2n) is 5.50. The van der Waals surface area contributed by atoms with Gasteiger partial charge in [-0.2, -0.15) is 0 Å². The Kier molecular flexibility index (Phi) is 3.53. The Morgan fingerprint density at radius 3 is 2.45 bits per heavy atom. The average molecular weight is 276 g/mol. The van der Waals surface area contributed by atoms with Crippen LogP contribution in [0.4, 0.5) is 4.39 Å². The number of fused-ring (bicyclic) bond motifs is 2. The second-order valence-corrected chi connectivity index (χ2v) is 5.50. The molecule has 106 valence electrons. The van der Waals surface area contributed by atoms with E-state index in [-0.39, 0.29) is 5.82 Å². The molecule has 2 aliphatic heterocycles. The van der Waals surface area contributed by atoms with E-state index in [1.54, 1.807) is 0 Å². The summed E-state index contributed by atoms with van der Waals surface area (Å²) in [5.41, 5.74) is 1.26. The van der Waals surface area contributed by atoms with Gasteiger partial charge in [-0.1, -0.05) is 5.16 Å². The number of carbonyl (C=O) groups excluding carboxylic acids is 1. The number of rotatable bonds is 2. The highest BCUT2D eigenvalue weighted by Gasteiger charge is 2.36. The summed E-state index contributed by atoms with van der Waals surface area (Å²) in [5.74, 6) is -0.913. The van der Waals surface area contributed by atoms with E-state index in [1.165, 1.54) is 37.1 Å². The SMILES string of the molecule is CN1[C@H]2CC[C@H]1CC(=NOC(=O)c1ccc(F)cc1)C2. The predicted molar refractivity (Wildman–Crippen MR) is 73.1 cm³/mol. The van der Waals surface area contributed by atoms with Crippen LogP contribution in [0.2, 0.25) is 0 Å². The number of oxime groups is 1. The molecular weight excluding hydrogens is 259 g/mol. The average Bonchev–Trinajstić information content (AvgIpc) is 2.66. The van der Waals surface area contributed by atoms with Crippen molar-refractivity contribution in [3.05, 3.63) is 35.6 Å². The highest BCUT2D eigenvalue weighted by Crippen LogP contribution is 2.32. The minimum atomic E-state index is -0.538. The highest BCUT2D eigenvalue weighted by atomic mass is 19.1. The molecule has 0 N–H and O–H groups in total. The first-order valence-electron chi connectivity index (χ1n) is 6.88. The van der Waals surface area contributed by atoms with Crippen molar-refractivity contribution in [2.24, 2.45) is 5.16 Å². The Balaban J connectivity index is 1.63. The zero-order valence-corrected chi connectivity index (χ0v) is 11.4. The molecule has 0 unspecified atom stereocenters. The van der Waals surface area contributed by atoms with Gasteiger partial charge in [-0.05, 0) is 44.2 Å². The standard InChI is InChI=1S/C15H17FN2O2/c1-18-13-6-7-14(18)9-12(8-13)17-20-15(19)10-2-4-11(16)5-3-10/h2-5,13-14H,6-9H2,1H3/t13-,14-/m0/s1. The van der Waals surface area contributed by atoms with E-state index in [1.807, 2.05) is 0 Å². The number of benzene rings is 1. The van der Waals surface area contributed by atoms with Crippen molar-refractivity contribution in [1.82, 2.24) is 4.90 Å². The van der Waals surface area contributed by atoms with Crippen LogP contribution in [0, 0.1) is 5.82 Å². The summed E-state index contributed by atoms with van der Waals surface area (Å²) in [6.45, 7) is 0. The number of piperidine rings is 1. The van der Waals surface area contributed by atoms with E-state index in [0.29, 0.717) is 17.6 Å². The minimum Gasteiger partial charge on any atom is -0.313 e. The summed E-state index contributed by atoms with van der Waals surface area (Å²) in [6, 6.07) is 6.32. The summed E-state index contributed by atoms with van der Waals surface area (Å²) < 4.78 is 12.8. The number of nitrogens with zero attached hydrogens (tertiary/aromatic N) is 2. The number of halogens is 1. The lowest BCUT2D eigenvalue weighted by Gasteiger charge is -2.31. The molecule has 2 atom stereocenters. The zero-order valence-electron chi connectivity index (χ0n) is 11.4. The summed E-state index contributed by atoms with van der Waals surface area (Å²) in [4.78, 5) is 19.1. The molecule has 3 rings (SSSR count). The van der Waals surface area contributed by atoms with E-state index in [4.69, 9.17) is 4.84 Å². The van der Waals surface area contributed by atoms with Crippen molar-refractivity contribution in [3.8, 4) is 0 Å². The van der Waals surface area contributed by atoms with Gasteiger partial charge in [-0.15, -0.1) is 0 Å². The topological polar surface area (TPSA) is 41.9 Å². The summed E-state index contributed by atoms with van der Waals surface area (Å²) >= 11 is 0. The Bertz CT molecular complexity index is 525. The van der Waals surface area contributed by atoms with Crippen LogP contribution in [-0.4, -0.2) is 35.7 Å². The molecule has 2 aliphatic rings. The van der Waals surface area contributed by atoms with E-state index < -0.39 is 5.97 Å². The van der Waals surface area contributed by atoms with Crippen molar-refractivity contribution in [3.63, 3.8) is 0 Å². The molecule has 0 aromatic heterocycles. The van der Waals surface area contributed by atoms with Crippen molar-refractivity contribution < 1.29 is 14.0 Å². The molecule has 20 heavy (non-hydrogen) atoms. The van der Waals surface area contributed by atoms with E-state index in [2.05, 4.69) is 17.1 Å². The number of hydrogen-bond donors (Lipinski definition) is 0. The fourth-order valence-electron chi connectivity index (χ4n) is 3.03. The predicted octanol–water partition coefficient (Wildman–Crippen LogP) is 2.60. The lowest BCUT2D eigenvalue weighted by atomic mass is 10.0. The third-order valence-electron chi connectivity index (χ3n) is 4.27. The monoisotopic (exact) mass is 276 g/mol. The second kappa shape index (κ2) is 5.32. The first-order chi connectivity index (χ1) is 9.63. The van der Waals surface area contributed by atoms with Gasteiger partial charge in [0.2, 0.25) is 0 Å². The van der Waals surface area contributed by atoms with Crippen molar-refractivity contribution in [2.75, 3.05) is 7.05 Å². The Hall–Kier alpha value is -1.75. The maximum absolute atomic E-state index is 12.8.